The number of aliphatic hydroxyl groups is 1. The average molecular weight is 843 g/mol. The zero-order valence-corrected chi connectivity index (χ0v) is 36.6. The molecule has 1 saturated carbocycles. The van der Waals surface area contributed by atoms with Gasteiger partial charge in [0.2, 0.25) is 0 Å². The zero-order valence-electron chi connectivity index (χ0n) is 30.2. The van der Waals surface area contributed by atoms with Gasteiger partial charge in [-0.25, -0.2) is 4.39 Å². The number of aromatic carboxylic acids is 1. The number of halogens is 2. The molecule has 4 heterocycles. The molecule has 282 valence electrons. The van der Waals surface area contributed by atoms with Gasteiger partial charge in [0.15, 0.2) is 11.5 Å². The number of carboxylic acid groups (broad SMARTS) is 2. The Balaban J connectivity index is 0.00000300. The van der Waals surface area contributed by atoms with Gasteiger partial charge >= 0.3 is 59.1 Å². The summed E-state index contributed by atoms with van der Waals surface area (Å²) < 4.78 is 22.6. The van der Waals surface area contributed by atoms with Crippen molar-refractivity contribution in [2.45, 2.75) is 48.5 Å². The topological polar surface area (TPSA) is 209 Å². The van der Waals surface area contributed by atoms with E-state index in [9.17, 15) is 39.3 Å². The number of aliphatic hydroxyl groups excluding tert-OH is 1. The molecular weight excluding hydrogens is 813 g/mol. The van der Waals surface area contributed by atoms with E-state index in [1.165, 1.54) is 31.7 Å². The summed E-state index contributed by atoms with van der Waals surface area (Å²) in [7, 11) is 1.18. The minimum absolute atomic E-state index is 0. The number of hydrogen-bond donors (Lipinski definition) is 3. The second kappa shape index (κ2) is 17.5. The van der Waals surface area contributed by atoms with Crippen LogP contribution in [0, 0.1) is 5.82 Å². The van der Waals surface area contributed by atoms with Gasteiger partial charge in [-0.05, 0) is 30.9 Å². The molecule has 0 bridgehead atoms. The maximum Gasteiger partial charge on any atom is 1.00 e. The van der Waals surface area contributed by atoms with Crippen molar-refractivity contribution in [3.05, 3.63) is 86.1 Å². The van der Waals surface area contributed by atoms with E-state index >= 15 is 4.39 Å². The number of methoxy groups -OCH3 is 1. The number of amides is 2. The monoisotopic (exact) mass is 842 g/mol. The number of benzene rings is 2. The number of β-lactam (4-membered cyclic amide) rings is 1. The minimum Gasteiger partial charge on any atom is -0.545 e. The van der Waals surface area contributed by atoms with Crippen LogP contribution in [0.5, 0.6) is 0 Å². The first-order valence-electron chi connectivity index (χ1n) is 16.6. The number of carbonyl (C=O) groups is 4. The van der Waals surface area contributed by atoms with Crippen LogP contribution >= 0.6 is 35.6 Å². The van der Waals surface area contributed by atoms with Crippen molar-refractivity contribution in [2.75, 3.05) is 30.9 Å². The Morgan fingerprint density at radius 3 is 2.48 bits per heavy atom. The molecule has 3 aromatic rings. The first-order chi connectivity index (χ1) is 25.8. The molecule has 3 fully saturated rings. The van der Waals surface area contributed by atoms with Crippen molar-refractivity contribution >= 4 is 87.0 Å². The van der Waals surface area contributed by atoms with Gasteiger partial charge in [-0.2, -0.15) is 5.10 Å². The number of aliphatic carboxylic acids is 1. The molecule has 0 radical (unpaired) electrons. The fourth-order valence-corrected chi connectivity index (χ4v) is 9.13. The van der Waals surface area contributed by atoms with Gasteiger partial charge in [-0.1, -0.05) is 54.2 Å². The first kappa shape index (κ1) is 44.2. The number of hydrogen-bond acceptors (Lipinski definition) is 14. The van der Waals surface area contributed by atoms with Gasteiger partial charge in [-0.3, -0.25) is 19.3 Å². The Hall–Kier alpha value is -2.88. The van der Waals surface area contributed by atoms with Crippen LogP contribution in [-0.4, -0.2) is 92.5 Å². The van der Waals surface area contributed by atoms with E-state index in [2.05, 4.69) is 15.8 Å². The number of carbonyl (C=O) groups excluding carboxylic acids is 4. The molecule has 1 aliphatic carbocycles. The number of rotatable bonds is 12. The van der Waals surface area contributed by atoms with E-state index < -0.39 is 63.5 Å². The molecule has 3 N–H and O–H groups in total. The maximum atomic E-state index is 15.6. The summed E-state index contributed by atoms with van der Waals surface area (Å²) in [6.07, 6.45) is 2.76. The fourth-order valence-electron chi connectivity index (χ4n) is 6.95. The van der Waals surface area contributed by atoms with Gasteiger partial charge in [0.25, 0.3) is 17.5 Å². The summed E-state index contributed by atoms with van der Waals surface area (Å²) in [5, 5.41) is 40.0. The number of carboxylic acids is 2. The number of thioether (sulfide) groups is 1. The predicted molar refractivity (Wildman–Crippen MR) is 195 cm³/mol. The first-order valence-corrected chi connectivity index (χ1v) is 18.5. The summed E-state index contributed by atoms with van der Waals surface area (Å²) in [6, 6.07) is 8.61. The minimum atomic E-state index is -1.96. The van der Waals surface area contributed by atoms with E-state index in [0.717, 1.165) is 35.6 Å². The third-order valence-corrected chi connectivity index (χ3v) is 11.8. The number of anilines is 1. The molecular formula is C35H30ClFN6Na2O9S2. The molecule has 56 heavy (non-hydrogen) atoms. The molecule has 3 aliphatic heterocycles. The third-order valence-electron chi connectivity index (χ3n) is 9.80. The van der Waals surface area contributed by atoms with Gasteiger partial charge in [-0.15, -0.1) is 11.8 Å². The summed E-state index contributed by atoms with van der Waals surface area (Å²) in [4.78, 5) is 65.9. The van der Waals surface area contributed by atoms with Crippen LogP contribution in [-0.2, 0) is 19.1 Å². The van der Waals surface area contributed by atoms with Gasteiger partial charge < -0.3 is 49.9 Å². The molecule has 4 atom stereocenters. The molecule has 2 aromatic carbocycles. The fraction of sp³-hybridized carbons (Fsp3) is 0.343. The Labute approximate surface area is 377 Å². The van der Waals surface area contributed by atoms with E-state index in [1.54, 1.807) is 27.7 Å². The molecule has 1 aromatic heterocycles. The smallest absolute Gasteiger partial charge is 0.545 e. The predicted octanol–water partition coefficient (Wildman–Crippen LogP) is -5.86. The van der Waals surface area contributed by atoms with Crippen molar-refractivity contribution < 1.29 is 103 Å². The molecule has 4 aliphatic rings. The third kappa shape index (κ3) is 7.82. The molecule has 2 saturated heterocycles. The van der Waals surface area contributed by atoms with Crippen molar-refractivity contribution in [2.24, 2.45) is 5.10 Å². The SMILES string of the molecule is CO[C@]1(NC(=O)[C@H](O)c2ccccc2)C(=O)N2C(C(=O)[O-])=C(C(=S)C=NNC3CCN(c4c(F)cc5c(=O)c(C(=O)[O-])cn(C6CC6)c5c4Cl)C3)CS[C@@H]21.[Na+].[Na+]. The Kier molecular flexibility index (Phi) is 13.9. The molecule has 21 heteroatoms. The molecule has 2 amide bonds. The molecule has 1 unspecified atom stereocenters. The number of thiocarbonyl (C=S) groups is 1. The Bertz CT molecular complexity index is 2260. The second-order valence-corrected chi connectivity index (χ2v) is 15.0. The number of hydrazone groups is 1. The number of nitrogens with zero attached hydrogens (tertiary/aromatic N) is 4. The number of fused-ring (bicyclic) bond motifs is 2. The maximum absolute atomic E-state index is 15.6. The quantitative estimate of drug-likeness (QED) is 0.0389. The molecule has 7 rings (SSSR count). The van der Waals surface area contributed by atoms with Crippen LogP contribution in [0.1, 0.15) is 47.3 Å². The standard InChI is InChI=1S/C35H32ClFN6O9S2.2Na/c1-52-35(39-30(46)28(44)16-5-3-2-4-6-16)33(51)43-26(32(49)50)21(15-54-34(35)43)23(53)12-38-40-17-9-10-41(13-17)27-22(37)11-19-25(24(27)36)42(18-7-8-18)14-20(29(19)45)31(47)48;;/h2-6,11-12,14,17-18,28,34,40,44H,7-10,13,15H2,1H3,(H,39,46)(H,47,48)(H,49,50);;/q;2*+1/p-2/t17?,28-,34-,35-;;/m1../s1. The van der Waals surface area contributed by atoms with Crippen molar-refractivity contribution in [1.29, 1.82) is 0 Å². The van der Waals surface area contributed by atoms with Crippen LogP contribution in [0.15, 0.2) is 63.8 Å². The summed E-state index contributed by atoms with van der Waals surface area (Å²) >= 11 is 13.3. The van der Waals surface area contributed by atoms with Crippen LogP contribution in [0.4, 0.5) is 10.1 Å². The Morgan fingerprint density at radius 2 is 1.86 bits per heavy atom. The zero-order chi connectivity index (χ0) is 38.6. The van der Waals surface area contributed by atoms with Gasteiger partial charge in [0, 0.05) is 43.8 Å². The average Bonchev–Trinajstić information content (AvgIpc) is 3.90. The number of pyridine rings is 1. The van der Waals surface area contributed by atoms with E-state index in [1.807, 2.05) is 0 Å². The van der Waals surface area contributed by atoms with Crippen molar-refractivity contribution in [1.82, 2.24) is 20.2 Å². The van der Waals surface area contributed by atoms with E-state index in [0.29, 0.717) is 13.0 Å². The second-order valence-electron chi connectivity index (χ2n) is 13.1. The summed E-state index contributed by atoms with van der Waals surface area (Å²) in [6.45, 7) is 0.577. The van der Waals surface area contributed by atoms with Crippen LogP contribution in [0.25, 0.3) is 10.9 Å². The van der Waals surface area contributed by atoms with Gasteiger partial charge in [0.05, 0.1) is 61.9 Å². The van der Waals surface area contributed by atoms with Crippen LogP contribution in [0.3, 0.4) is 0 Å². The van der Waals surface area contributed by atoms with E-state index in [-0.39, 0.29) is 121 Å². The number of nitrogens with one attached hydrogen (secondary N) is 2. The Morgan fingerprint density at radius 1 is 1.16 bits per heavy atom. The molecule has 0 spiro atoms. The molecule has 15 nitrogen and oxygen atoms in total. The summed E-state index contributed by atoms with van der Waals surface area (Å²) in [5.41, 5.74) is -0.336. The van der Waals surface area contributed by atoms with E-state index in [4.69, 9.17) is 28.6 Å². The van der Waals surface area contributed by atoms with Crippen molar-refractivity contribution in [3.63, 3.8) is 0 Å². The van der Waals surface area contributed by atoms with Gasteiger partial charge in [0.1, 0.15) is 11.2 Å². The summed E-state index contributed by atoms with van der Waals surface area (Å²) in [5.74, 6) is -5.98. The van der Waals surface area contributed by atoms with Crippen molar-refractivity contribution in [3.8, 4) is 0 Å². The number of aromatic nitrogens is 1. The van der Waals surface area contributed by atoms with Crippen LogP contribution in [0.2, 0.25) is 5.02 Å². The number of ether oxygens (including phenoxy) is 1. The normalized spacial score (nSPS) is 22.2. The largest absolute Gasteiger partial charge is 1.00 e. The van der Waals surface area contributed by atoms with Crippen LogP contribution < -0.4 is 90.4 Å².